The lowest BCUT2D eigenvalue weighted by atomic mass is 10.1. The molecule has 0 aliphatic rings. The Morgan fingerprint density at radius 2 is 1.88 bits per heavy atom. The van der Waals surface area contributed by atoms with E-state index < -0.39 is 11.5 Å². The first kappa shape index (κ1) is 16.8. The first-order chi connectivity index (χ1) is 12.1. The van der Waals surface area contributed by atoms with Crippen molar-refractivity contribution in [2.24, 2.45) is 0 Å². The van der Waals surface area contributed by atoms with Gasteiger partial charge in [-0.15, -0.1) is 0 Å². The van der Waals surface area contributed by atoms with Crippen LogP contribution in [-0.2, 0) is 0 Å². The predicted molar refractivity (Wildman–Crippen MR) is 96.0 cm³/mol. The first-order valence-corrected chi connectivity index (χ1v) is 8.15. The third kappa shape index (κ3) is 3.71. The lowest BCUT2D eigenvalue weighted by Gasteiger charge is -2.14. The molecule has 1 aromatic heterocycles. The number of hydrogen-bond donors (Lipinski definition) is 1. The smallest absolute Gasteiger partial charge is 0.349 e. The largest absolute Gasteiger partial charge is 0.494 e. The second-order valence-electron chi connectivity index (χ2n) is 5.68. The third-order valence-corrected chi connectivity index (χ3v) is 3.92. The molecule has 0 spiro atoms. The molecular weight excluding hydrogens is 318 g/mol. The van der Waals surface area contributed by atoms with Crippen LogP contribution < -0.4 is 15.7 Å². The van der Waals surface area contributed by atoms with E-state index in [1.165, 1.54) is 0 Å². The van der Waals surface area contributed by atoms with Crippen LogP contribution in [0.3, 0.4) is 0 Å². The van der Waals surface area contributed by atoms with Gasteiger partial charge in [-0.05, 0) is 43.7 Å². The number of para-hydroxylation sites is 1. The molecule has 1 N–H and O–H groups in total. The molecule has 1 amide bonds. The molecule has 5 heteroatoms. The van der Waals surface area contributed by atoms with Gasteiger partial charge in [-0.3, -0.25) is 4.79 Å². The molecule has 1 heterocycles. The maximum Gasteiger partial charge on any atom is 0.349 e. The standard InChI is InChI=1S/C20H19NO4/c1-3-24-16-10-8-14(9-11-16)13(2)21-19(22)17-12-15-6-4-5-7-18(15)25-20(17)23/h4-13H,3H2,1-2H3,(H,21,22). The summed E-state index contributed by atoms with van der Waals surface area (Å²) in [5.41, 5.74) is 0.733. The summed E-state index contributed by atoms with van der Waals surface area (Å²) in [7, 11) is 0. The molecule has 128 valence electrons. The molecular formula is C20H19NO4. The van der Waals surface area contributed by atoms with Gasteiger partial charge >= 0.3 is 5.63 Å². The molecule has 0 radical (unpaired) electrons. The number of fused-ring (bicyclic) bond motifs is 1. The highest BCUT2D eigenvalue weighted by molar-refractivity contribution is 5.96. The SMILES string of the molecule is CCOc1ccc(C(C)NC(=O)c2cc3ccccc3oc2=O)cc1. The fraction of sp³-hybridized carbons (Fsp3) is 0.200. The van der Waals surface area contributed by atoms with Crippen molar-refractivity contribution < 1.29 is 13.9 Å². The summed E-state index contributed by atoms with van der Waals surface area (Å²) < 4.78 is 10.6. The maximum absolute atomic E-state index is 12.5. The Morgan fingerprint density at radius 1 is 1.16 bits per heavy atom. The normalized spacial score (nSPS) is 11.9. The zero-order valence-corrected chi connectivity index (χ0v) is 14.1. The van der Waals surface area contributed by atoms with Gasteiger partial charge in [0.2, 0.25) is 0 Å². The lowest BCUT2D eigenvalue weighted by molar-refractivity contribution is 0.0936. The Balaban J connectivity index is 1.79. The number of benzene rings is 2. The number of ether oxygens (including phenoxy) is 1. The van der Waals surface area contributed by atoms with E-state index in [1.807, 2.05) is 44.2 Å². The number of amides is 1. The van der Waals surface area contributed by atoms with E-state index in [0.29, 0.717) is 17.6 Å². The van der Waals surface area contributed by atoms with Gasteiger partial charge in [0, 0.05) is 5.39 Å². The minimum atomic E-state index is -0.643. The zero-order chi connectivity index (χ0) is 17.8. The second kappa shape index (κ2) is 7.21. The number of carbonyl (C=O) groups is 1. The fourth-order valence-electron chi connectivity index (χ4n) is 2.60. The van der Waals surface area contributed by atoms with E-state index in [1.54, 1.807) is 24.3 Å². The van der Waals surface area contributed by atoms with Crippen LogP contribution in [0, 0.1) is 0 Å². The summed E-state index contributed by atoms with van der Waals surface area (Å²) in [6, 6.07) is 15.9. The molecule has 0 saturated heterocycles. The van der Waals surface area contributed by atoms with Crippen molar-refractivity contribution in [3.63, 3.8) is 0 Å². The molecule has 25 heavy (non-hydrogen) atoms. The van der Waals surface area contributed by atoms with Crippen molar-refractivity contribution in [3.8, 4) is 5.75 Å². The average Bonchev–Trinajstić information content (AvgIpc) is 2.62. The van der Waals surface area contributed by atoms with Gasteiger partial charge in [-0.2, -0.15) is 0 Å². The molecule has 0 fully saturated rings. The van der Waals surface area contributed by atoms with E-state index in [9.17, 15) is 9.59 Å². The molecule has 1 atom stereocenters. The summed E-state index contributed by atoms with van der Waals surface area (Å²) in [6.45, 7) is 4.38. The van der Waals surface area contributed by atoms with Crippen LogP contribution in [0.1, 0.15) is 35.8 Å². The average molecular weight is 337 g/mol. The zero-order valence-electron chi connectivity index (χ0n) is 14.1. The molecule has 1 unspecified atom stereocenters. The van der Waals surface area contributed by atoms with E-state index >= 15 is 0 Å². The Kier molecular flexibility index (Phi) is 4.84. The number of rotatable bonds is 5. The maximum atomic E-state index is 12.5. The highest BCUT2D eigenvalue weighted by Gasteiger charge is 2.16. The van der Waals surface area contributed by atoms with Crippen LogP contribution >= 0.6 is 0 Å². The first-order valence-electron chi connectivity index (χ1n) is 8.15. The van der Waals surface area contributed by atoms with Crippen LogP contribution in [0.15, 0.2) is 63.8 Å². The summed E-state index contributed by atoms with van der Waals surface area (Å²) in [5, 5.41) is 3.54. The van der Waals surface area contributed by atoms with Crippen LogP contribution in [0.25, 0.3) is 11.0 Å². The number of hydrogen-bond acceptors (Lipinski definition) is 4. The molecule has 2 aromatic carbocycles. The minimum Gasteiger partial charge on any atom is -0.494 e. The molecule has 0 aliphatic carbocycles. The van der Waals surface area contributed by atoms with Gasteiger partial charge < -0.3 is 14.5 Å². The molecule has 0 aliphatic heterocycles. The monoisotopic (exact) mass is 337 g/mol. The Hall–Kier alpha value is -3.08. The van der Waals surface area contributed by atoms with Crippen molar-refractivity contribution in [3.05, 3.63) is 76.1 Å². The number of carbonyl (C=O) groups excluding carboxylic acids is 1. The topological polar surface area (TPSA) is 68.5 Å². The summed E-state index contributed by atoms with van der Waals surface area (Å²) in [6.07, 6.45) is 0. The van der Waals surface area contributed by atoms with E-state index in [4.69, 9.17) is 9.15 Å². The second-order valence-corrected chi connectivity index (χ2v) is 5.68. The predicted octanol–water partition coefficient (Wildman–Crippen LogP) is 3.68. The highest BCUT2D eigenvalue weighted by Crippen LogP contribution is 2.18. The summed E-state index contributed by atoms with van der Waals surface area (Å²) in [4.78, 5) is 24.5. The highest BCUT2D eigenvalue weighted by atomic mass is 16.5. The van der Waals surface area contributed by atoms with E-state index in [-0.39, 0.29) is 11.6 Å². The fourth-order valence-corrected chi connectivity index (χ4v) is 2.60. The third-order valence-electron chi connectivity index (χ3n) is 3.92. The van der Waals surface area contributed by atoms with E-state index in [2.05, 4.69) is 5.32 Å². The Bertz CT molecular complexity index is 944. The van der Waals surface area contributed by atoms with Crippen LogP contribution in [0.5, 0.6) is 5.75 Å². The molecule has 0 saturated carbocycles. The van der Waals surface area contributed by atoms with Gasteiger partial charge in [-0.25, -0.2) is 4.79 Å². The van der Waals surface area contributed by atoms with Crippen molar-refractivity contribution in [2.45, 2.75) is 19.9 Å². The lowest BCUT2D eigenvalue weighted by Crippen LogP contribution is -2.30. The van der Waals surface area contributed by atoms with Crippen LogP contribution in [-0.4, -0.2) is 12.5 Å². The van der Waals surface area contributed by atoms with Gasteiger partial charge in [0.15, 0.2) is 0 Å². The van der Waals surface area contributed by atoms with Crippen molar-refractivity contribution in [1.82, 2.24) is 5.32 Å². The molecule has 0 bridgehead atoms. The molecule has 5 nitrogen and oxygen atoms in total. The van der Waals surface area contributed by atoms with E-state index in [0.717, 1.165) is 11.3 Å². The quantitative estimate of drug-likeness (QED) is 0.721. The Morgan fingerprint density at radius 3 is 2.60 bits per heavy atom. The van der Waals surface area contributed by atoms with Crippen LogP contribution in [0.4, 0.5) is 0 Å². The summed E-state index contributed by atoms with van der Waals surface area (Å²) >= 11 is 0. The molecule has 3 rings (SSSR count). The number of nitrogens with one attached hydrogen (secondary N) is 1. The van der Waals surface area contributed by atoms with Crippen molar-refractivity contribution in [1.29, 1.82) is 0 Å². The van der Waals surface area contributed by atoms with Gasteiger partial charge in [0.25, 0.3) is 5.91 Å². The Labute approximate surface area is 145 Å². The van der Waals surface area contributed by atoms with Crippen LogP contribution in [0.2, 0.25) is 0 Å². The van der Waals surface area contributed by atoms with Gasteiger partial charge in [0.05, 0.1) is 12.6 Å². The minimum absolute atomic E-state index is 0.00325. The van der Waals surface area contributed by atoms with Gasteiger partial charge in [-0.1, -0.05) is 30.3 Å². The molecule has 3 aromatic rings. The van der Waals surface area contributed by atoms with Crippen molar-refractivity contribution >= 4 is 16.9 Å². The van der Waals surface area contributed by atoms with Gasteiger partial charge in [0.1, 0.15) is 16.9 Å². The van der Waals surface area contributed by atoms with Crippen molar-refractivity contribution in [2.75, 3.05) is 6.61 Å². The summed E-state index contributed by atoms with van der Waals surface area (Å²) in [5.74, 6) is 0.320.